The first-order valence-electron chi connectivity index (χ1n) is 7.36. The largest absolute Gasteiger partial charge is 0.369 e. The van der Waals surface area contributed by atoms with Crippen LogP contribution in [0.15, 0.2) is 18.2 Å². The Kier molecular flexibility index (Phi) is 2.77. The number of nitrogens with one attached hydrogen (secondary N) is 1. The van der Waals surface area contributed by atoms with Crippen molar-refractivity contribution in [2.75, 3.05) is 11.9 Å². The Morgan fingerprint density at radius 2 is 2.20 bits per heavy atom. The Hall–Kier alpha value is -1.48. The monoisotopic (exact) mass is 287 g/mol. The van der Waals surface area contributed by atoms with E-state index in [4.69, 9.17) is 16.7 Å². The quantitative estimate of drug-likeness (QED) is 0.902. The Bertz CT molecular complexity index is 671. The molecule has 20 heavy (non-hydrogen) atoms. The number of hydrogen-bond donors (Lipinski definition) is 1. The van der Waals surface area contributed by atoms with Gasteiger partial charge >= 0.3 is 0 Å². The maximum Gasteiger partial charge on any atom is 0.133 e. The normalized spacial score (nSPS) is 17.7. The van der Waals surface area contributed by atoms with Crippen LogP contribution in [-0.4, -0.2) is 16.3 Å². The smallest absolute Gasteiger partial charge is 0.133 e. The lowest BCUT2D eigenvalue weighted by molar-refractivity contribution is 0.407. The number of halogens is 1. The van der Waals surface area contributed by atoms with E-state index >= 15 is 0 Å². The second-order valence-corrected chi connectivity index (χ2v) is 6.27. The van der Waals surface area contributed by atoms with E-state index in [1.165, 1.54) is 36.3 Å². The van der Waals surface area contributed by atoms with Gasteiger partial charge in [0.2, 0.25) is 0 Å². The summed E-state index contributed by atoms with van der Waals surface area (Å²) in [7, 11) is 0. The summed E-state index contributed by atoms with van der Waals surface area (Å²) in [4.78, 5) is 0. The lowest BCUT2D eigenvalue weighted by Gasteiger charge is -2.24. The predicted molar refractivity (Wildman–Crippen MR) is 82.1 cm³/mol. The number of nitrogens with zero attached hydrogens (tertiary/aromatic N) is 2. The van der Waals surface area contributed by atoms with Gasteiger partial charge in [0.05, 0.1) is 11.4 Å². The van der Waals surface area contributed by atoms with Crippen LogP contribution in [0.2, 0.25) is 5.02 Å². The second-order valence-electron chi connectivity index (χ2n) is 5.86. The van der Waals surface area contributed by atoms with Crippen molar-refractivity contribution in [2.45, 2.75) is 38.5 Å². The van der Waals surface area contributed by atoms with Gasteiger partial charge in [-0.2, -0.15) is 5.10 Å². The van der Waals surface area contributed by atoms with Crippen LogP contribution in [-0.2, 0) is 6.42 Å². The van der Waals surface area contributed by atoms with Crippen LogP contribution in [0.4, 0.5) is 5.82 Å². The molecule has 0 radical (unpaired) electrons. The van der Waals surface area contributed by atoms with E-state index in [-0.39, 0.29) is 0 Å². The fourth-order valence-corrected chi connectivity index (χ4v) is 3.29. The molecule has 4 rings (SSSR count). The molecular weight excluding hydrogens is 270 g/mol. The zero-order chi connectivity index (χ0) is 13.7. The zero-order valence-corrected chi connectivity index (χ0v) is 12.4. The first kappa shape index (κ1) is 12.3. The molecular formula is C16H18ClN3. The van der Waals surface area contributed by atoms with E-state index < -0.39 is 0 Å². The number of aryl methyl sites for hydroxylation is 1. The van der Waals surface area contributed by atoms with Gasteiger partial charge in [-0.3, -0.25) is 0 Å². The van der Waals surface area contributed by atoms with Crippen LogP contribution < -0.4 is 5.32 Å². The van der Waals surface area contributed by atoms with Crippen molar-refractivity contribution < 1.29 is 0 Å². The molecule has 1 aliphatic heterocycles. The molecule has 0 amide bonds. The van der Waals surface area contributed by atoms with Crippen molar-refractivity contribution in [3.63, 3.8) is 0 Å². The molecule has 104 valence electrons. The van der Waals surface area contributed by atoms with Crippen molar-refractivity contribution in [1.82, 2.24) is 9.78 Å². The Balaban J connectivity index is 1.83. The second kappa shape index (κ2) is 4.52. The van der Waals surface area contributed by atoms with E-state index in [0.717, 1.165) is 29.2 Å². The maximum absolute atomic E-state index is 6.26. The zero-order valence-electron chi connectivity index (χ0n) is 11.6. The Labute approximate surface area is 123 Å². The first-order chi connectivity index (χ1) is 9.74. The standard InChI is InChI=1S/C16H18ClN3/c1-10-5-6-12(9-14(10)17)20-16-13(7-8-18-16)15(19-20)11-3-2-4-11/h5-6,9,11,18H,2-4,7-8H2,1H3. The summed E-state index contributed by atoms with van der Waals surface area (Å²) in [6, 6.07) is 6.16. The van der Waals surface area contributed by atoms with Gasteiger partial charge in [-0.25, -0.2) is 4.68 Å². The fourth-order valence-electron chi connectivity index (χ4n) is 3.11. The van der Waals surface area contributed by atoms with Gasteiger partial charge < -0.3 is 5.32 Å². The highest BCUT2D eigenvalue weighted by atomic mass is 35.5. The molecule has 2 heterocycles. The van der Waals surface area contributed by atoms with E-state index in [0.29, 0.717) is 5.92 Å². The summed E-state index contributed by atoms with van der Waals surface area (Å²) in [6.45, 7) is 3.05. The molecule has 2 aromatic rings. The topological polar surface area (TPSA) is 29.9 Å². The van der Waals surface area contributed by atoms with Crippen molar-refractivity contribution >= 4 is 17.4 Å². The predicted octanol–water partition coefficient (Wildman–Crippen LogP) is 4.07. The average Bonchev–Trinajstić information content (AvgIpc) is 2.94. The number of hydrogen-bond acceptors (Lipinski definition) is 2. The summed E-state index contributed by atoms with van der Waals surface area (Å²) in [5.74, 6) is 1.85. The van der Waals surface area contributed by atoms with Gasteiger partial charge in [0.15, 0.2) is 0 Å². The third-order valence-corrected chi connectivity index (χ3v) is 4.98. The maximum atomic E-state index is 6.26. The molecule has 1 N–H and O–H groups in total. The van der Waals surface area contributed by atoms with Gasteiger partial charge in [0, 0.05) is 23.0 Å². The van der Waals surface area contributed by atoms with Crippen molar-refractivity contribution in [3.05, 3.63) is 40.0 Å². The minimum atomic E-state index is 0.672. The lowest BCUT2D eigenvalue weighted by atomic mass is 9.81. The molecule has 2 aliphatic rings. The minimum absolute atomic E-state index is 0.672. The van der Waals surface area contributed by atoms with Gasteiger partial charge in [0.25, 0.3) is 0 Å². The lowest BCUT2D eigenvalue weighted by Crippen LogP contribution is -2.12. The number of anilines is 1. The highest BCUT2D eigenvalue weighted by Crippen LogP contribution is 2.41. The summed E-state index contributed by atoms with van der Waals surface area (Å²) in [5, 5.41) is 9.17. The molecule has 1 aromatic heterocycles. The molecule has 0 atom stereocenters. The summed E-state index contributed by atoms with van der Waals surface area (Å²) < 4.78 is 2.04. The van der Waals surface area contributed by atoms with Crippen LogP contribution >= 0.6 is 11.6 Å². The van der Waals surface area contributed by atoms with E-state index in [2.05, 4.69) is 17.4 Å². The highest BCUT2D eigenvalue weighted by molar-refractivity contribution is 6.31. The number of aromatic nitrogens is 2. The SMILES string of the molecule is Cc1ccc(-n2nc(C3CCC3)c3c2NCC3)cc1Cl. The minimum Gasteiger partial charge on any atom is -0.369 e. The summed E-state index contributed by atoms with van der Waals surface area (Å²) in [5.41, 5.74) is 4.89. The number of fused-ring (bicyclic) bond motifs is 1. The molecule has 3 nitrogen and oxygen atoms in total. The molecule has 0 saturated heterocycles. The Morgan fingerprint density at radius 3 is 2.90 bits per heavy atom. The van der Waals surface area contributed by atoms with Crippen LogP contribution in [0, 0.1) is 6.92 Å². The van der Waals surface area contributed by atoms with Crippen LogP contribution in [0.3, 0.4) is 0 Å². The van der Waals surface area contributed by atoms with Gasteiger partial charge in [-0.15, -0.1) is 0 Å². The average molecular weight is 288 g/mol. The highest BCUT2D eigenvalue weighted by Gasteiger charge is 2.30. The molecule has 0 unspecified atom stereocenters. The molecule has 0 bridgehead atoms. The van der Waals surface area contributed by atoms with Crippen molar-refractivity contribution in [3.8, 4) is 5.69 Å². The van der Waals surface area contributed by atoms with E-state index in [1.807, 2.05) is 17.7 Å². The van der Waals surface area contributed by atoms with Crippen LogP contribution in [0.1, 0.15) is 42.0 Å². The molecule has 0 spiro atoms. The van der Waals surface area contributed by atoms with Gasteiger partial charge in [-0.1, -0.05) is 24.1 Å². The third-order valence-electron chi connectivity index (χ3n) is 4.57. The molecule has 1 aliphatic carbocycles. The Morgan fingerprint density at radius 1 is 1.35 bits per heavy atom. The summed E-state index contributed by atoms with van der Waals surface area (Å²) >= 11 is 6.26. The molecule has 1 saturated carbocycles. The molecule has 1 aromatic carbocycles. The molecule has 1 fully saturated rings. The van der Waals surface area contributed by atoms with Crippen molar-refractivity contribution in [1.29, 1.82) is 0 Å². The number of rotatable bonds is 2. The van der Waals surface area contributed by atoms with Gasteiger partial charge in [-0.05, 0) is 43.9 Å². The van der Waals surface area contributed by atoms with Gasteiger partial charge in [0.1, 0.15) is 5.82 Å². The molecule has 4 heteroatoms. The van der Waals surface area contributed by atoms with E-state index in [1.54, 1.807) is 0 Å². The van der Waals surface area contributed by atoms with Crippen molar-refractivity contribution in [2.24, 2.45) is 0 Å². The van der Waals surface area contributed by atoms with E-state index in [9.17, 15) is 0 Å². The number of benzene rings is 1. The van der Waals surface area contributed by atoms with Crippen LogP contribution in [0.25, 0.3) is 5.69 Å². The fraction of sp³-hybridized carbons (Fsp3) is 0.438. The summed E-state index contributed by atoms with van der Waals surface area (Å²) in [6.07, 6.45) is 5.02. The first-order valence-corrected chi connectivity index (χ1v) is 7.74. The third kappa shape index (κ3) is 1.76. The van der Waals surface area contributed by atoms with Crippen LogP contribution in [0.5, 0.6) is 0 Å².